The standard InChI is InChI=1S/C20H25FN2O2.2ClH/c1-15(16-5-3-8-19(11-16)24-2)22-13-20-14-23(9-10-25-20)18-7-4-6-17(21)12-18;;/h3-8,11-12,15,20,22H,9-10,13-14H2,1-2H3;2*1H/t15-,20?;;/m1../s1. The third-order valence-corrected chi connectivity index (χ3v) is 4.56. The van der Waals surface area contributed by atoms with Crippen LogP contribution < -0.4 is 15.0 Å². The lowest BCUT2D eigenvalue weighted by Gasteiger charge is -2.35. The Morgan fingerprint density at radius 1 is 1.22 bits per heavy atom. The van der Waals surface area contributed by atoms with Crippen LogP contribution in [0, 0.1) is 5.82 Å². The summed E-state index contributed by atoms with van der Waals surface area (Å²) in [6.45, 7) is 5.05. The lowest BCUT2D eigenvalue weighted by atomic mass is 10.1. The Balaban J connectivity index is 0.00000182. The van der Waals surface area contributed by atoms with Gasteiger partial charge in [-0.3, -0.25) is 0 Å². The number of benzene rings is 2. The molecule has 0 aromatic heterocycles. The maximum Gasteiger partial charge on any atom is 0.125 e. The van der Waals surface area contributed by atoms with Crippen LogP contribution in [0.2, 0.25) is 0 Å². The highest BCUT2D eigenvalue weighted by molar-refractivity contribution is 5.85. The van der Waals surface area contributed by atoms with Crippen LogP contribution >= 0.6 is 24.8 Å². The Morgan fingerprint density at radius 2 is 2.00 bits per heavy atom. The number of hydrogen-bond acceptors (Lipinski definition) is 4. The molecule has 0 saturated carbocycles. The van der Waals surface area contributed by atoms with Crippen molar-refractivity contribution < 1.29 is 13.9 Å². The normalized spacial score (nSPS) is 17.4. The molecule has 0 spiro atoms. The maximum absolute atomic E-state index is 13.4. The molecule has 7 heteroatoms. The number of ether oxygens (including phenoxy) is 2. The fourth-order valence-electron chi connectivity index (χ4n) is 3.09. The quantitative estimate of drug-likeness (QED) is 0.763. The molecule has 1 aliphatic heterocycles. The Hall–Kier alpha value is -1.53. The summed E-state index contributed by atoms with van der Waals surface area (Å²) in [6.07, 6.45) is 0.0741. The molecule has 1 aliphatic rings. The van der Waals surface area contributed by atoms with E-state index in [2.05, 4.69) is 23.2 Å². The summed E-state index contributed by atoms with van der Waals surface area (Å²) < 4.78 is 24.6. The van der Waals surface area contributed by atoms with E-state index in [0.717, 1.165) is 31.1 Å². The highest BCUT2D eigenvalue weighted by atomic mass is 35.5. The second-order valence-electron chi connectivity index (χ2n) is 6.33. The molecule has 150 valence electrons. The predicted molar refractivity (Wildman–Crippen MR) is 112 cm³/mol. The largest absolute Gasteiger partial charge is 0.497 e. The molecular weight excluding hydrogens is 390 g/mol. The highest BCUT2D eigenvalue weighted by Crippen LogP contribution is 2.21. The number of methoxy groups -OCH3 is 1. The van der Waals surface area contributed by atoms with E-state index < -0.39 is 0 Å². The molecule has 4 nitrogen and oxygen atoms in total. The SMILES string of the molecule is COc1cccc([C@@H](C)NCC2CN(c3cccc(F)c3)CCO2)c1.Cl.Cl. The first kappa shape index (κ1) is 23.5. The molecule has 0 bridgehead atoms. The maximum atomic E-state index is 13.4. The van der Waals surface area contributed by atoms with E-state index in [-0.39, 0.29) is 42.8 Å². The zero-order chi connectivity index (χ0) is 17.6. The molecule has 1 N–H and O–H groups in total. The van der Waals surface area contributed by atoms with Crippen molar-refractivity contribution in [1.29, 1.82) is 0 Å². The fourth-order valence-corrected chi connectivity index (χ4v) is 3.09. The monoisotopic (exact) mass is 416 g/mol. The van der Waals surface area contributed by atoms with Gasteiger partial charge in [-0.2, -0.15) is 0 Å². The van der Waals surface area contributed by atoms with Gasteiger partial charge in [0.1, 0.15) is 11.6 Å². The van der Waals surface area contributed by atoms with Crippen LogP contribution in [-0.2, 0) is 4.74 Å². The molecular formula is C20H27Cl2FN2O2. The molecule has 27 heavy (non-hydrogen) atoms. The van der Waals surface area contributed by atoms with Crippen molar-refractivity contribution in [2.75, 3.05) is 38.3 Å². The van der Waals surface area contributed by atoms with Gasteiger partial charge in [-0.1, -0.05) is 18.2 Å². The van der Waals surface area contributed by atoms with Crippen molar-refractivity contribution in [1.82, 2.24) is 5.32 Å². The number of anilines is 1. The molecule has 0 aliphatic carbocycles. The van der Waals surface area contributed by atoms with Gasteiger partial charge < -0.3 is 19.7 Å². The molecule has 1 heterocycles. The summed E-state index contributed by atoms with van der Waals surface area (Å²) in [4.78, 5) is 2.18. The first-order valence-electron chi connectivity index (χ1n) is 8.65. The second kappa shape index (κ2) is 11.3. The molecule has 2 atom stereocenters. The summed E-state index contributed by atoms with van der Waals surface area (Å²) in [7, 11) is 1.67. The number of hydrogen-bond donors (Lipinski definition) is 1. The average molecular weight is 417 g/mol. The van der Waals surface area contributed by atoms with Gasteiger partial charge in [0, 0.05) is 31.4 Å². The molecule has 3 rings (SSSR count). The Labute approximate surface area is 172 Å². The van der Waals surface area contributed by atoms with Crippen LogP contribution in [0.25, 0.3) is 0 Å². The minimum absolute atomic E-state index is 0. The lowest BCUT2D eigenvalue weighted by Crippen LogP contribution is -2.47. The van der Waals surface area contributed by atoms with Crippen LogP contribution in [0.15, 0.2) is 48.5 Å². The van der Waals surface area contributed by atoms with Gasteiger partial charge in [0.25, 0.3) is 0 Å². The van der Waals surface area contributed by atoms with Gasteiger partial charge in [-0.25, -0.2) is 4.39 Å². The molecule has 0 amide bonds. The summed E-state index contributed by atoms with van der Waals surface area (Å²) >= 11 is 0. The van der Waals surface area contributed by atoms with Crippen LogP contribution in [0.4, 0.5) is 10.1 Å². The van der Waals surface area contributed by atoms with Gasteiger partial charge in [0.15, 0.2) is 0 Å². The van der Waals surface area contributed by atoms with Crippen molar-refractivity contribution in [3.05, 3.63) is 59.9 Å². The van der Waals surface area contributed by atoms with Gasteiger partial charge in [0.05, 0.1) is 19.8 Å². The number of nitrogens with one attached hydrogen (secondary N) is 1. The van der Waals surface area contributed by atoms with E-state index in [1.807, 2.05) is 24.3 Å². The summed E-state index contributed by atoms with van der Waals surface area (Å²) in [5.74, 6) is 0.655. The molecule has 2 aromatic carbocycles. The smallest absolute Gasteiger partial charge is 0.125 e. The lowest BCUT2D eigenvalue weighted by molar-refractivity contribution is 0.0394. The minimum atomic E-state index is -0.203. The minimum Gasteiger partial charge on any atom is -0.497 e. The molecule has 2 aromatic rings. The van der Waals surface area contributed by atoms with Crippen LogP contribution in [0.3, 0.4) is 0 Å². The molecule has 0 radical (unpaired) electrons. The third-order valence-electron chi connectivity index (χ3n) is 4.56. The van der Waals surface area contributed by atoms with Crippen LogP contribution in [-0.4, -0.2) is 39.5 Å². The summed E-state index contributed by atoms with van der Waals surface area (Å²) in [5, 5.41) is 3.52. The summed E-state index contributed by atoms with van der Waals surface area (Å²) in [5.41, 5.74) is 2.09. The number of nitrogens with zero attached hydrogens (tertiary/aromatic N) is 1. The third kappa shape index (κ3) is 6.54. The van der Waals surface area contributed by atoms with Crippen molar-refractivity contribution in [2.24, 2.45) is 0 Å². The first-order valence-corrected chi connectivity index (χ1v) is 8.65. The van der Waals surface area contributed by atoms with Crippen molar-refractivity contribution in [3.8, 4) is 5.75 Å². The van der Waals surface area contributed by atoms with E-state index in [0.29, 0.717) is 6.61 Å². The van der Waals surface area contributed by atoms with E-state index >= 15 is 0 Å². The average Bonchev–Trinajstić information content (AvgIpc) is 2.66. The summed E-state index contributed by atoms with van der Waals surface area (Å²) in [6, 6.07) is 15.0. The zero-order valence-corrected chi connectivity index (χ0v) is 17.2. The fraction of sp³-hybridized carbons (Fsp3) is 0.400. The van der Waals surface area contributed by atoms with E-state index in [1.165, 1.54) is 11.6 Å². The van der Waals surface area contributed by atoms with Crippen molar-refractivity contribution in [3.63, 3.8) is 0 Å². The van der Waals surface area contributed by atoms with E-state index in [1.54, 1.807) is 19.2 Å². The Bertz CT molecular complexity index is 705. The van der Waals surface area contributed by atoms with Gasteiger partial charge in [0.2, 0.25) is 0 Å². The topological polar surface area (TPSA) is 33.7 Å². The highest BCUT2D eigenvalue weighted by Gasteiger charge is 2.21. The zero-order valence-electron chi connectivity index (χ0n) is 15.6. The van der Waals surface area contributed by atoms with E-state index in [9.17, 15) is 4.39 Å². The van der Waals surface area contributed by atoms with Crippen molar-refractivity contribution >= 4 is 30.5 Å². The first-order chi connectivity index (χ1) is 12.2. The molecule has 1 saturated heterocycles. The Morgan fingerprint density at radius 3 is 2.74 bits per heavy atom. The van der Waals surface area contributed by atoms with Crippen LogP contribution in [0.5, 0.6) is 5.75 Å². The Kier molecular flexibility index (Phi) is 9.88. The predicted octanol–water partition coefficient (Wildman–Crippen LogP) is 4.23. The number of morpholine rings is 1. The molecule has 1 unspecified atom stereocenters. The number of rotatable bonds is 6. The van der Waals surface area contributed by atoms with Gasteiger partial charge in [-0.05, 0) is 42.8 Å². The van der Waals surface area contributed by atoms with Crippen molar-refractivity contribution in [2.45, 2.75) is 19.1 Å². The molecule has 1 fully saturated rings. The number of halogens is 3. The van der Waals surface area contributed by atoms with Crippen LogP contribution in [0.1, 0.15) is 18.5 Å². The van der Waals surface area contributed by atoms with E-state index in [4.69, 9.17) is 9.47 Å². The van der Waals surface area contributed by atoms with Gasteiger partial charge >= 0.3 is 0 Å². The van der Waals surface area contributed by atoms with Gasteiger partial charge in [-0.15, -0.1) is 24.8 Å². The second-order valence-corrected chi connectivity index (χ2v) is 6.33.